The second-order valence-electron chi connectivity index (χ2n) is 28.6. The van der Waals surface area contributed by atoms with Crippen LogP contribution >= 0.6 is 11.3 Å². The molecule has 108 heavy (non-hydrogen) atoms. The van der Waals surface area contributed by atoms with E-state index >= 15 is 0 Å². The van der Waals surface area contributed by atoms with Gasteiger partial charge in [-0.05, 0) is 123 Å². The van der Waals surface area contributed by atoms with E-state index in [4.69, 9.17) is 24.4 Å². The molecule has 0 unspecified atom stereocenters. The molecule has 0 atom stereocenters. The zero-order valence-corrected chi connectivity index (χ0v) is 58.6. The molecule has 0 aliphatic carbocycles. The molecule has 0 radical (unpaired) electrons. The van der Waals surface area contributed by atoms with Crippen molar-refractivity contribution in [1.29, 1.82) is 0 Å². The maximum absolute atomic E-state index is 7.33. The lowest BCUT2D eigenvalue weighted by Gasteiger charge is -2.15. The van der Waals surface area contributed by atoms with Gasteiger partial charge < -0.3 is 4.42 Å². The molecule has 8 heteroatoms. The van der Waals surface area contributed by atoms with Crippen LogP contribution in [0, 0.1) is 0 Å². The molecule has 498 valence electrons. The second kappa shape index (κ2) is 22.7. The molecule has 6 heterocycles. The van der Waals surface area contributed by atoms with Crippen molar-refractivity contribution in [3.05, 3.63) is 340 Å². The minimum Gasteiger partial charge on any atom is -0.436 e. The highest BCUT2D eigenvalue weighted by atomic mass is 32.1. The van der Waals surface area contributed by atoms with Crippen LogP contribution in [0.3, 0.4) is 0 Å². The minimum atomic E-state index is 0.462. The molecule has 0 amide bonds. The number of thiophene rings is 1. The zero-order chi connectivity index (χ0) is 70.4. The fourth-order valence-corrected chi connectivity index (χ4v) is 19.1. The first-order chi connectivity index (χ1) is 53.6. The topological polar surface area (TPSA) is 74.6 Å². The molecular weight excluding hydrogens is 1330 g/mol. The third kappa shape index (κ3) is 8.48. The molecule has 0 aliphatic heterocycles. The average Bonchev–Trinajstić information content (AvgIpc) is 1.52. The molecule has 24 rings (SSSR count). The van der Waals surface area contributed by atoms with Crippen molar-refractivity contribution in [2.75, 3.05) is 0 Å². The van der Waals surface area contributed by atoms with Crippen molar-refractivity contribution in [3.8, 4) is 67.5 Å². The van der Waals surface area contributed by atoms with Gasteiger partial charge >= 0.3 is 0 Å². The largest absolute Gasteiger partial charge is 0.436 e. The van der Waals surface area contributed by atoms with Crippen LogP contribution in [-0.2, 0) is 0 Å². The number of rotatable bonds is 7. The van der Waals surface area contributed by atoms with E-state index in [0.717, 1.165) is 169 Å². The average molecular weight is 1390 g/mol. The summed E-state index contributed by atoms with van der Waals surface area (Å²) >= 11 is 1.70. The number of hydrogen-bond donors (Lipinski definition) is 0. The number of benzene rings is 18. The van der Waals surface area contributed by atoms with Gasteiger partial charge in [-0.25, -0.2) is 19.9 Å². The number of furan rings is 1. The normalized spacial score (nSPS) is 12.3. The van der Waals surface area contributed by atoms with E-state index in [1.54, 1.807) is 11.3 Å². The Morgan fingerprint density at radius 1 is 0.250 bits per heavy atom. The van der Waals surface area contributed by atoms with Crippen molar-refractivity contribution in [2.45, 2.75) is 0 Å². The van der Waals surface area contributed by atoms with Crippen molar-refractivity contribution < 1.29 is 4.42 Å². The molecule has 0 fully saturated rings. The van der Waals surface area contributed by atoms with E-state index in [1.165, 1.54) is 53.9 Å². The van der Waals surface area contributed by atoms with Crippen LogP contribution < -0.4 is 0 Å². The molecular formula is C100H56N6OS. The second-order valence-corrected chi connectivity index (χ2v) is 29.6. The van der Waals surface area contributed by atoms with Crippen LogP contribution in [0.2, 0.25) is 0 Å². The summed E-state index contributed by atoms with van der Waals surface area (Å²) in [6, 6.07) is 124. The van der Waals surface area contributed by atoms with Gasteiger partial charge in [0.15, 0.2) is 11.6 Å². The van der Waals surface area contributed by atoms with E-state index in [0.29, 0.717) is 16.9 Å². The van der Waals surface area contributed by atoms with Crippen LogP contribution in [0.25, 0.3) is 240 Å². The summed E-state index contributed by atoms with van der Waals surface area (Å²) in [5, 5.41) is 25.4. The highest BCUT2D eigenvalue weighted by Crippen LogP contribution is 2.51. The molecule has 24 aromatic rings. The number of fused-ring (bicyclic) bond motifs is 30. The van der Waals surface area contributed by atoms with Crippen LogP contribution in [0.5, 0.6) is 0 Å². The van der Waals surface area contributed by atoms with E-state index in [1.807, 2.05) is 0 Å². The van der Waals surface area contributed by atoms with Gasteiger partial charge in [0.25, 0.3) is 0 Å². The van der Waals surface area contributed by atoms with Crippen molar-refractivity contribution in [3.63, 3.8) is 0 Å². The summed E-state index contributed by atoms with van der Waals surface area (Å²) in [6.07, 6.45) is 0. The molecule has 0 N–H and O–H groups in total. The fourth-order valence-electron chi connectivity index (χ4n) is 18.1. The molecule has 0 spiro atoms. The van der Waals surface area contributed by atoms with E-state index < -0.39 is 0 Å². The van der Waals surface area contributed by atoms with E-state index in [2.05, 4.69) is 349 Å². The Morgan fingerprint density at radius 3 is 1.21 bits per heavy atom. The Morgan fingerprint density at radius 2 is 0.648 bits per heavy atom. The van der Waals surface area contributed by atoms with Gasteiger partial charge in [-0.2, -0.15) is 0 Å². The summed E-state index contributed by atoms with van der Waals surface area (Å²) in [5.74, 6) is 1.50. The molecule has 0 bridgehead atoms. The SMILES string of the molecule is c1ccc(-c2ccc(-c3nc4oc5c(-c6ccc7c(c6)c6ccccc6c6ccc8c(c9ccc%10ccccc%10c9n8-c8nc9c(nc8-c8ccc(-c%10ccccc%10)cc8)sc8ccccc89)c67)cccc5c4nc3-n3c4ccc5c6ccccc6c6ccccc6c5c4c4ccc5ccccc5c43)cc2)cc1. The summed E-state index contributed by atoms with van der Waals surface area (Å²) in [6.45, 7) is 0. The van der Waals surface area contributed by atoms with Crippen molar-refractivity contribution in [2.24, 2.45) is 0 Å². The predicted octanol–water partition coefficient (Wildman–Crippen LogP) is 27.3. The Balaban J connectivity index is 0.751. The van der Waals surface area contributed by atoms with Gasteiger partial charge in [-0.3, -0.25) is 9.13 Å². The van der Waals surface area contributed by atoms with Crippen LogP contribution in [0.15, 0.2) is 344 Å². The minimum absolute atomic E-state index is 0.462. The van der Waals surface area contributed by atoms with Crippen LogP contribution in [-0.4, -0.2) is 29.1 Å². The first-order valence-corrected chi connectivity index (χ1v) is 37.6. The highest BCUT2D eigenvalue weighted by Gasteiger charge is 2.29. The quantitative estimate of drug-likeness (QED) is 0.149. The van der Waals surface area contributed by atoms with Gasteiger partial charge in [-0.15, -0.1) is 11.3 Å². The first-order valence-electron chi connectivity index (χ1n) is 36.7. The predicted molar refractivity (Wildman–Crippen MR) is 454 cm³/mol. The lowest BCUT2D eigenvalue weighted by atomic mass is 9.89. The van der Waals surface area contributed by atoms with Gasteiger partial charge in [0, 0.05) is 75.3 Å². The lowest BCUT2D eigenvalue weighted by Crippen LogP contribution is -2.03. The summed E-state index contributed by atoms with van der Waals surface area (Å²) in [7, 11) is 0. The number of hydrogen-bond acceptors (Lipinski definition) is 6. The maximum atomic E-state index is 7.33. The van der Waals surface area contributed by atoms with Crippen molar-refractivity contribution in [1.82, 2.24) is 29.1 Å². The first kappa shape index (κ1) is 59.2. The third-order valence-electron chi connectivity index (χ3n) is 22.9. The third-order valence-corrected chi connectivity index (χ3v) is 24.0. The molecule has 7 nitrogen and oxygen atoms in total. The maximum Gasteiger partial charge on any atom is 0.247 e. The van der Waals surface area contributed by atoms with Crippen LogP contribution in [0.4, 0.5) is 0 Å². The standard InChI is InChI=1S/C100H56N6OS/c1-3-20-57(21-4-1)59-38-42-63(43-39-59)90-97(105-83-54-52-75-71-30-12-11-28-69(71)70-29-15-16-33-74(70)86(75)88(83)79-50-46-61-24-7-9-26-66(61)94(79)105)101-92-81-36-19-35-68(96(81)107-99(92)103-90)65-48-49-77-82(56-65)73-32-14-13-31-72(73)76-53-55-84-89(87(76)77)80-51-47-62-25-8-10-27-67(62)95(80)106(84)98-91(64-44-40-60(41-45-64)58-22-5-2-6-23-58)104-100-93(102-98)78-34-17-18-37-85(78)108-100/h1-56H. The monoisotopic (exact) mass is 1390 g/mol. The summed E-state index contributed by atoms with van der Waals surface area (Å²) in [4.78, 5) is 24.2. The molecule has 0 saturated carbocycles. The number of para-hydroxylation sites is 1. The molecule has 0 aliphatic rings. The number of aromatic nitrogens is 6. The smallest absolute Gasteiger partial charge is 0.247 e. The molecule has 6 aromatic heterocycles. The summed E-state index contributed by atoms with van der Waals surface area (Å²) < 4.78 is 13.3. The van der Waals surface area contributed by atoms with E-state index in [9.17, 15) is 0 Å². The highest BCUT2D eigenvalue weighted by molar-refractivity contribution is 7.25. The number of nitrogens with zero attached hydrogens (tertiary/aromatic N) is 6. The van der Waals surface area contributed by atoms with Crippen molar-refractivity contribution >= 4 is 184 Å². The van der Waals surface area contributed by atoms with E-state index in [-0.39, 0.29) is 0 Å². The summed E-state index contributed by atoms with van der Waals surface area (Å²) in [5.41, 5.74) is 17.0. The van der Waals surface area contributed by atoms with Gasteiger partial charge in [-0.1, -0.05) is 309 Å². The van der Waals surface area contributed by atoms with Gasteiger partial charge in [0.1, 0.15) is 32.8 Å². The van der Waals surface area contributed by atoms with Crippen LogP contribution in [0.1, 0.15) is 0 Å². The molecule has 0 saturated heterocycles. The van der Waals surface area contributed by atoms with Gasteiger partial charge in [0.05, 0.1) is 22.1 Å². The van der Waals surface area contributed by atoms with Gasteiger partial charge in [0.2, 0.25) is 5.71 Å². The Labute approximate surface area is 620 Å². The Kier molecular flexibility index (Phi) is 12.4. The Bertz CT molecular complexity index is 8000. The molecule has 18 aromatic carbocycles. The Hall–Kier alpha value is -14.2. The lowest BCUT2D eigenvalue weighted by molar-refractivity contribution is 0.654. The fraction of sp³-hybridized carbons (Fsp3) is 0. The zero-order valence-electron chi connectivity index (χ0n) is 57.8.